The molecular weight excluding hydrogens is 360 g/mol. The molecule has 130 valence electrons. The van der Waals surface area contributed by atoms with E-state index in [1.54, 1.807) is 24.3 Å². The smallest absolute Gasteiger partial charge is 0.261 e. The Kier molecular flexibility index (Phi) is 4.65. The van der Waals surface area contributed by atoms with Gasteiger partial charge in [0.25, 0.3) is 10.0 Å². The minimum Gasteiger partial charge on any atom is -0.277 e. The molecule has 0 spiro atoms. The number of halogens is 2. The van der Waals surface area contributed by atoms with Crippen LogP contribution in [0.15, 0.2) is 65.6 Å². The van der Waals surface area contributed by atoms with Gasteiger partial charge in [-0.25, -0.2) is 17.8 Å². The van der Waals surface area contributed by atoms with E-state index in [4.69, 9.17) is 5.26 Å². The Morgan fingerprint density at radius 1 is 1.00 bits per heavy atom. The summed E-state index contributed by atoms with van der Waals surface area (Å²) in [4.78, 5) is 3.68. The van der Waals surface area contributed by atoms with Crippen LogP contribution in [0, 0.1) is 23.1 Å². The van der Waals surface area contributed by atoms with E-state index in [1.165, 1.54) is 24.3 Å². The van der Waals surface area contributed by atoms with Crippen LogP contribution in [0.1, 0.15) is 5.56 Å². The van der Waals surface area contributed by atoms with Crippen LogP contribution >= 0.6 is 0 Å². The zero-order valence-electron chi connectivity index (χ0n) is 13.1. The molecule has 0 fully saturated rings. The largest absolute Gasteiger partial charge is 0.277 e. The van der Waals surface area contributed by atoms with Gasteiger partial charge in [0, 0.05) is 5.56 Å². The molecule has 0 saturated heterocycles. The van der Waals surface area contributed by atoms with Gasteiger partial charge in [-0.2, -0.15) is 9.65 Å². The molecule has 0 aliphatic heterocycles. The van der Waals surface area contributed by atoms with Crippen molar-refractivity contribution < 1.29 is 17.2 Å². The number of nitrogens with one attached hydrogen (secondary N) is 1. The molecule has 0 aliphatic rings. The summed E-state index contributed by atoms with van der Waals surface area (Å²) in [5, 5.41) is 9.00. The summed E-state index contributed by atoms with van der Waals surface area (Å²) in [6.45, 7) is 0. The maximum Gasteiger partial charge on any atom is 0.261 e. The van der Waals surface area contributed by atoms with Crippen LogP contribution in [0.25, 0.3) is 11.3 Å². The van der Waals surface area contributed by atoms with Gasteiger partial charge in [-0.3, -0.25) is 4.72 Å². The molecule has 0 saturated carbocycles. The molecule has 0 radical (unpaired) electrons. The summed E-state index contributed by atoms with van der Waals surface area (Å²) in [5.41, 5.74) is -0.262. The fourth-order valence-electron chi connectivity index (χ4n) is 2.28. The van der Waals surface area contributed by atoms with E-state index in [-0.39, 0.29) is 16.3 Å². The molecule has 2 aromatic carbocycles. The predicted octanol–water partition coefficient (Wildman–Crippen LogP) is 3.70. The number of aromatic nitrogens is 1. The molecular formula is C18H11F2N3O2S. The van der Waals surface area contributed by atoms with Crippen LogP contribution in [-0.2, 0) is 10.0 Å². The molecule has 0 aliphatic carbocycles. The first-order chi connectivity index (χ1) is 12.4. The molecule has 1 heterocycles. The fourth-order valence-corrected chi connectivity index (χ4v) is 3.36. The molecule has 1 aromatic heterocycles. The first-order valence-corrected chi connectivity index (χ1v) is 8.83. The van der Waals surface area contributed by atoms with Gasteiger partial charge < -0.3 is 0 Å². The molecule has 0 unspecified atom stereocenters. The number of benzene rings is 2. The third-order valence-corrected chi connectivity index (χ3v) is 4.89. The second-order valence-electron chi connectivity index (χ2n) is 5.26. The predicted molar refractivity (Wildman–Crippen MR) is 91.6 cm³/mol. The number of hydrogen-bond donors (Lipinski definition) is 1. The van der Waals surface area contributed by atoms with Crippen LogP contribution in [-0.4, -0.2) is 13.4 Å². The summed E-state index contributed by atoms with van der Waals surface area (Å²) >= 11 is 0. The first kappa shape index (κ1) is 17.5. The van der Waals surface area contributed by atoms with Crippen molar-refractivity contribution >= 4 is 15.7 Å². The van der Waals surface area contributed by atoms with Crippen LogP contribution in [0.4, 0.5) is 14.5 Å². The van der Waals surface area contributed by atoms with Gasteiger partial charge in [-0.05, 0) is 42.5 Å². The van der Waals surface area contributed by atoms with E-state index in [0.717, 1.165) is 18.2 Å². The van der Waals surface area contributed by atoms with Crippen LogP contribution in [0.2, 0.25) is 0 Å². The van der Waals surface area contributed by atoms with Crippen molar-refractivity contribution in [1.29, 1.82) is 5.26 Å². The van der Waals surface area contributed by atoms with Gasteiger partial charge in [-0.1, -0.05) is 18.2 Å². The molecule has 0 atom stereocenters. The van der Waals surface area contributed by atoms with Gasteiger partial charge in [0.15, 0.2) is 0 Å². The Labute approximate surface area is 148 Å². The molecule has 26 heavy (non-hydrogen) atoms. The second kappa shape index (κ2) is 6.90. The number of anilines is 1. The molecule has 1 N–H and O–H groups in total. The van der Waals surface area contributed by atoms with Crippen molar-refractivity contribution in [3.63, 3.8) is 0 Å². The number of hydrogen-bond acceptors (Lipinski definition) is 4. The molecule has 3 rings (SSSR count). The standard InChI is InChI=1S/C18H11F2N3O2S/c19-14-8-6-12(7-9-14)17-16(10-13(11-21)18(20)22-17)23-26(24,25)15-4-2-1-3-5-15/h1-10,23H. The minimum absolute atomic E-state index is 0.00658. The van der Waals surface area contributed by atoms with E-state index < -0.39 is 27.4 Å². The lowest BCUT2D eigenvalue weighted by Crippen LogP contribution is -2.14. The van der Waals surface area contributed by atoms with E-state index >= 15 is 0 Å². The van der Waals surface area contributed by atoms with Crippen molar-refractivity contribution in [3.05, 3.63) is 78.0 Å². The Bertz CT molecular complexity index is 1090. The van der Waals surface area contributed by atoms with Crippen molar-refractivity contribution in [1.82, 2.24) is 4.98 Å². The Balaban J connectivity index is 2.13. The van der Waals surface area contributed by atoms with Crippen molar-refractivity contribution in [2.45, 2.75) is 4.90 Å². The molecule has 3 aromatic rings. The molecule has 0 amide bonds. The lowest BCUT2D eigenvalue weighted by Gasteiger charge is -2.13. The molecule has 5 nitrogen and oxygen atoms in total. The summed E-state index contributed by atoms with van der Waals surface area (Å²) < 4.78 is 54.5. The first-order valence-electron chi connectivity index (χ1n) is 7.35. The summed E-state index contributed by atoms with van der Waals surface area (Å²) in [7, 11) is -3.99. The quantitative estimate of drug-likeness (QED) is 0.709. The number of pyridine rings is 1. The third kappa shape index (κ3) is 3.53. The number of rotatable bonds is 4. The maximum absolute atomic E-state index is 14.0. The van der Waals surface area contributed by atoms with Crippen molar-refractivity contribution in [3.8, 4) is 17.3 Å². The number of nitriles is 1. The normalized spacial score (nSPS) is 11.0. The second-order valence-corrected chi connectivity index (χ2v) is 6.94. The zero-order valence-corrected chi connectivity index (χ0v) is 14.0. The highest BCUT2D eigenvalue weighted by atomic mass is 32.2. The van der Waals surface area contributed by atoms with Gasteiger partial charge in [0.1, 0.15) is 17.4 Å². The lowest BCUT2D eigenvalue weighted by atomic mass is 10.1. The molecule has 8 heteroatoms. The van der Waals surface area contributed by atoms with E-state index in [1.807, 2.05) is 0 Å². The average Bonchev–Trinajstić information content (AvgIpc) is 2.64. The van der Waals surface area contributed by atoms with Gasteiger partial charge in [0.2, 0.25) is 5.95 Å². The van der Waals surface area contributed by atoms with Gasteiger partial charge >= 0.3 is 0 Å². The van der Waals surface area contributed by atoms with E-state index in [0.29, 0.717) is 5.56 Å². The number of sulfonamides is 1. The number of nitrogens with zero attached hydrogens (tertiary/aromatic N) is 2. The van der Waals surface area contributed by atoms with Crippen molar-refractivity contribution in [2.24, 2.45) is 0 Å². The third-order valence-electron chi connectivity index (χ3n) is 3.51. The van der Waals surface area contributed by atoms with Gasteiger partial charge in [-0.15, -0.1) is 0 Å². The SMILES string of the molecule is N#Cc1cc(NS(=O)(=O)c2ccccc2)c(-c2ccc(F)cc2)nc1F. The topological polar surface area (TPSA) is 82.9 Å². The van der Waals surface area contributed by atoms with E-state index in [9.17, 15) is 17.2 Å². The van der Waals surface area contributed by atoms with Crippen LogP contribution in [0.5, 0.6) is 0 Å². The minimum atomic E-state index is -3.99. The Morgan fingerprint density at radius 2 is 1.65 bits per heavy atom. The molecule has 0 bridgehead atoms. The summed E-state index contributed by atoms with van der Waals surface area (Å²) in [6.07, 6.45) is 0. The Morgan fingerprint density at radius 3 is 2.27 bits per heavy atom. The van der Waals surface area contributed by atoms with Crippen LogP contribution < -0.4 is 4.72 Å². The summed E-state index contributed by atoms with van der Waals surface area (Å²) in [6, 6.07) is 15.2. The van der Waals surface area contributed by atoms with Crippen LogP contribution in [0.3, 0.4) is 0 Å². The Hall–Kier alpha value is -3.31. The van der Waals surface area contributed by atoms with Crippen molar-refractivity contribution in [2.75, 3.05) is 4.72 Å². The average molecular weight is 371 g/mol. The summed E-state index contributed by atoms with van der Waals surface area (Å²) in [5.74, 6) is -1.55. The highest BCUT2D eigenvalue weighted by Crippen LogP contribution is 2.30. The maximum atomic E-state index is 14.0. The monoisotopic (exact) mass is 371 g/mol. The lowest BCUT2D eigenvalue weighted by molar-refractivity contribution is 0.581. The van der Waals surface area contributed by atoms with Gasteiger partial charge in [0.05, 0.1) is 16.3 Å². The van der Waals surface area contributed by atoms with E-state index in [2.05, 4.69) is 9.71 Å². The zero-order chi connectivity index (χ0) is 18.7. The fraction of sp³-hybridized carbons (Fsp3) is 0. The highest BCUT2D eigenvalue weighted by molar-refractivity contribution is 7.92. The highest BCUT2D eigenvalue weighted by Gasteiger charge is 2.20.